The molecule has 0 aromatic rings. The predicted octanol–water partition coefficient (Wildman–Crippen LogP) is 0.395. The van der Waals surface area contributed by atoms with Crippen molar-refractivity contribution >= 4 is 17.7 Å². The summed E-state index contributed by atoms with van der Waals surface area (Å²) in [4.78, 5) is 21.4. The number of hydrogen-bond acceptors (Lipinski definition) is 6. The molecule has 0 bridgehead atoms. The number of alkyl halides is 1. The molecule has 16 heavy (non-hydrogen) atoms. The number of methoxy groups -OCH3 is 2. The molecule has 0 saturated heterocycles. The molecule has 1 unspecified atom stereocenters. The van der Waals surface area contributed by atoms with Crippen LogP contribution < -0.4 is 0 Å². The van der Waals surface area contributed by atoms with Gasteiger partial charge in [-0.3, -0.25) is 0 Å². The molecule has 10 heteroatoms. The number of halogens is 4. The second-order valence-corrected chi connectivity index (χ2v) is 2.27. The molecule has 0 N–H and O–H groups in total. The lowest BCUT2D eigenvalue weighted by atomic mass is 10.1. The normalized spacial score (nSPS) is 15.6. The van der Waals surface area contributed by atoms with Gasteiger partial charge in [0.2, 0.25) is 5.71 Å². The van der Waals surface area contributed by atoms with Crippen molar-refractivity contribution in [2.24, 2.45) is 5.21 Å². The van der Waals surface area contributed by atoms with Gasteiger partial charge in [-0.05, 0) is 0 Å². The summed E-state index contributed by atoms with van der Waals surface area (Å²) in [5.74, 6) is -8.56. The summed E-state index contributed by atoms with van der Waals surface area (Å²) in [7, 11) is 1.22. The molecule has 6 nitrogen and oxygen atoms in total. The summed E-state index contributed by atoms with van der Waals surface area (Å²) in [6.07, 6.45) is 0. The molecule has 0 heterocycles. The molecule has 0 rings (SSSR count). The Labute approximate surface area is 86.2 Å². The van der Waals surface area contributed by atoms with Gasteiger partial charge >= 0.3 is 17.7 Å². The molecule has 92 valence electrons. The summed E-state index contributed by atoms with van der Waals surface area (Å²) in [6, 6.07) is 0. The molecule has 0 aliphatic heterocycles. The third kappa shape index (κ3) is 2.27. The zero-order chi connectivity index (χ0) is 12.9. The maximum Gasteiger partial charge on any atom is 0.371 e. The number of carbonyl (C=O) groups excluding carboxylic acids is 2. The van der Waals surface area contributed by atoms with Crippen LogP contribution in [0.2, 0.25) is 0 Å². The monoisotopic (exact) mass is 246 g/mol. The quantitative estimate of drug-likeness (QED) is 0.236. The summed E-state index contributed by atoms with van der Waals surface area (Å²) >= 11 is 0. The maximum atomic E-state index is 13.4. The second-order valence-electron chi connectivity index (χ2n) is 2.27. The van der Waals surface area contributed by atoms with Crippen LogP contribution in [0.3, 0.4) is 0 Å². The Balaban J connectivity index is 5.51. The van der Waals surface area contributed by atoms with Gasteiger partial charge in [0.1, 0.15) is 0 Å². The molecular formula is C6H6F4N2O4. The lowest BCUT2D eigenvalue weighted by molar-refractivity contribution is -0.253. The Bertz CT molecular complexity index is 322. The first-order chi connectivity index (χ1) is 7.35. The van der Waals surface area contributed by atoms with Gasteiger partial charge in [0.05, 0.1) is 19.6 Å². The number of hydrogen-bond donors (Lipinski definition) is 0. The highest BCUT2D eigenvalue weighted by Gasteiger charge is 2.58. The van der Waals surface area contributed by atoms with E-state index < -0.39 is 28.8 Å². The van der Waals surface area contributed by atoms with E-state index in [1.807, 2.05) is 0 Å². The molecule has 0 aromatic heterocycles. The fourth-order valence-corrected chi connectivity index (χ4v) is 0.703. The topological polar surface area (TPSA) is 68.2 Å². The van der Waals surface area contributed by atoms with Crippen LogP contribution in [0, 0.1) is 0 Å². The molecular weight excluding hydrogens is 240 g/mol. The third-order valence-corrected chi connectivity index (χ3v) is 1.47. The van der Waals surface area contributed by atoms with Gasteiger partial charge in [-0.15, -0.1) is 0 Å². The predicted molar refractivity (Wildman–Crippen MR) is 40.5 cm³/mol. The highest BCUT2D eigenvalue weighted by molar-refractivity contribution is 6.43. The molecule has 0 aliphatic rings. The highest BCUT2D eigenvalue weighted by Crippen LogP contribution is 2.24. The van der Waals surface area contributed by atoms with E-state index in [2.05, 4.69) is 9.47 Å². The van der Waals surface area contributed by atoms with Crippen molar-refractivity contribution in [2.75, 3.05) is 14.2 Å². The molecule has 0 spiro atoms. The Kier molecular flexibility index (Phi) is 4.82. The van der Waals surface area contributed by atoms with Crippen LogP contribution in [-0.4, -0.2) is 43.0 Å². The SMILES string of the molecule is COC(=O)C(=NF)C(F)(C(=O)OC)N(F)F. The van der Waals surface area contributed by atoms with E-state index in [0.29, 0.717) is 14.2 Å². The first-order valence-corrected chi connectivity index (χ1v) is 3.53. The number of ether oxygens (including phenoxy) is 2. The maximum absolute atomic E-state index is 13.4. The minimum Gasteiger partial charge on any atom is -0.465 e. The van der Waals surface area contributed by atoms with Gasteiger partial charge < -0.3 is 9.47 Å². The van der Waals surface area contributed by atoms with E-state index in [-0.39, 0.29) is 0 Å². The average molecular weight is 246 g/mol. The van der Waals surface area contributed by atoms with Gasteiger partial charge in [-0.1, -0.05) is 18.7 Å². The smallest absolute Gasteiger partial charge is 0.371 e. The third-order valence-electron chi connectivity index (χ3n) is 1.47. The molecule has 0 amide bonds. The average Bonchev–Trinajstić information content (AvgIpc) is 2.27. The zero-order valence-corrected chi connectivity index (χ0v) is 8.04. The molecule has 0 aliphatic carbocycles. The largest absolute Gasteiger partial charge is 0.465 e. The Morgan fingerprint density at radius 3 is 2.00 bits per heavy atom. The fraction of sp³-hybridized carbons (Fsp3) is 0.500. The molecule has 1 atom stereocenters. The summed E-state index contributed by atoms with van der Waals surface area (Å²) in [5, 5.41) is -0.887. The van der Waals surface area contributed by atoms with Crippen molar-refractivity contribution in [1.29, 1.82) is 0 Å². The lowest BCUT2D eigenvalue weighted by Crippen LogP contribution is -2.54. The second kappa shape index (κ2) is 5.39. The van der Waals surface area contributed by atoms with Crippen molar-refractivity contribution in [1.82, 2.24) is 5.34 Å². The fourth-order valence-electron chi connectivity index (χ4n) is 0.703. The standard InChI is InChI=1S/C6H6F4N2O4/c1-15-4(13)3(11-8)6(7,12(9)10)5(14)16-2/h1-2H3. The number of nitrogens with zero attached hydrogens (tertiary/aromatic N) is 2. The van der Waals surface area contributed by atoms with E-state index in [9.17, 15) is 27.4 Å². The van der Waals surface area contributed by atoms with Crippen LogP contribution >= 0.6 is 0 Å². The van der Waals surface area contributed by atoms with Crippen LogP contribution in [0.25, 0.3) is 0 Å². The van der Waals surface area contributed by atoms with Crippen molar-refractivity contribution < 1.29 is 36.9 Å². The summed E-state index contributed by atoms with van der Waals surface area (Å²) in [6.45, 7) is 0. The Morgan fingerprint density at radius 2 is 1.75 bits per heavy atom. The van der Waals surface area contributed by atoms with Gasteiger partial charge in [0, 0.05) is 0 Å². The summed E-state index contributed by atoms with van der Waals surface area (Å²) < 4.78 is 57.1. The van der Waals surface area contributed by atoms with Crippen LogP contribution in [-0.2, 0) is 19.1 Å². The number of esters is 2. The van der Waals surface area contributed by atoms with Crippen molar-refractivity contribution in [3.05, 3.63) is 0 Å². The molecule has 0 saturated carbocycles. The van der Waals surface area contributed by atoms with E-state index in [0.717, 1.165) is 0 Å². The summed E-state index contributed by atoms with van der Waals surface area (Å²) in [5.41, 5.74) is -2.08. The van der Waals surface area contributed by atoms with Crippen molar-refractivity contribution in [3.8, 4) is 0 Å². The highest BCUT2D eigenvalue weighted by atomic mass is 19.4. The Hall–Kier alpha value is -1.71. The van der Waals surface area contributed by atoms with Crippen LogP contribution in [0.15, 0.2) is 5.21 Å². The van der Waals surface area contributed by atoms with E-state index in [4.69, 9.17) is 0 Å². The lowest BCUT2D eigenvalue weighted by Gasteiger charge is -2.20. The first-order valence-electron chi connectivity index (χ1n) is 3.53. The van der Waals surface area contributed by atoms with Crippen molar-refractivity contribution in [3.63, 3.8) is 0 Å². The first kappa shape index (κ1) is 14.3. The molecule has 0 radical (unpaired) electrons. The van der Waals surface area contributed by atoms with Gasteiger partial charge in [0.25, 0.3) is 0 Å². The van der Waals surface area contributed by atoms with E-state index >= 15 is 0 Å². The van der Waals surface area contributed by atoms with Crippen LogP contribution in [0.5, 0.6) is 0 Å². The molecule has 0 fully saturated rings. The van der Waals surface area contributed by atoms with Crippen molar-refractivity contribution in [2.45, 2.75) is 5.79 Å². The van der Waals surface area contributed by atoms with Crippen LogP contribution in [0.1, 0.15) is 0 Å². The number of rotatable bonds is 4. The Morgan fingerprint density at radius 1 is 1.25 bits per heavy atom. The number of carbonyl (C=O) groups is 2. The van der Waals surface area contributed by atoms with E-state index in [1.165, 1.54) is 5.21 Å². The molecule has 0 aromatic carbocycles. The van der Waals surface area contributed by atoms with Gasteiger partial charge in [0.15, 0.2) is 0 Å². The zero-order valence-electron chi connectivity index (χ0n) is 8.04. The van der Waals surface area contributed by atoms with Gasteiger partial charge in [-0.25, -0.2) is 9.59 Å². The minimum atomic E-state index is -4.46. The van der Waals surface area contributed by atoms with Crippen LogP contribution in [0.4, 0.5) is 17.8 Å². The minimum absolute atomic E-state index is 0.563. The van der Waals surface area contributed by atoms with E-state index in [1.54, 1.807) is 0 Å². The van der Waals surface area contributed by atoms with Gasteiger partial charge in [-0.2, -0.15) is 4.39 Å².